The van der Waals surface area contributed by atoms with Gasteiger partial charge in [0.15, 0.2) is 5.96 Å². The molecule has 6 heteroatoms. The highest BCUT2D eigenvalue weighted by molar-refractivity contribution is 14.0. The van der Waals surface area contributed by atoms with Crippen LogP contribution in [-0.4, -0.2) is 22.1 Å². The van der Waals surface area contributed by atoms with Crippen molar-refractivity contribution in [2.75, 3.05) is 6.54 Å². The van der Waals surface area contributed by atoms with Crippen LogP contribution in [0.4, 0.5) is 0 Å². The number of nitrogens with two attached hydrogens (primary N) is 1. The standard InChI is InChI=1S/C15H21N5.HI/c1-20-13-8-3-2-7-12(13)19-14(20)10-18-15(16)17-9-11-5-4-6-11;/h2-3,7-8,11H,4-6,9-10H2,1H3,(H3,16,17,18);1H. The molecule has 0 atom stereocenters. The van der Waals surface area contributed by atoms with E-state index in [2.05, 4.69) is 25.9 Å². The van der Waals surface area contributed by atoms with Crippen LogP contribution in [0.2, 0.25) is 0 Å². The molecule has 0 aliphatic heterocycles. The van der Waals surface area contributed by atoms with E-state index in [1.54, 1.807) is 0 Å². The van der Waals surface area contributed by atoms with Crippen molar-refractivity contribution in [2.45, 2.75) is 25.8 Å². The maximum atomic E-state index is 5.89. The van der Waals surface area contributed by atoms with Gasteiger partial charge in [0.25, 0.3) is 0 Å². The van der Waals surface area contributed by atoms with Gasteiger partial charge in [0.05, 0.1) is 11.0 Å². The Hall–Kier alpha value is -1.31. The smallest absolute Gasteiger partial charge is 0.189 e. The summed E-state index contributed by atoms with van der Waals surface area (Å²) in [7, 11) is 2.01. The largest absolute Gasteiger partial charge is 0.370 e. The van der Waals surface area contributed by atoms with Gasteiger partial charge in [0, 0.05) is 13.6 Å². The lowest BCUT2D eigenvalue weighted by Crippen LogP contribution is -2.37. The van der Waals surface area contributed by atoms with Crippen LogP contribution in [0.25, 0.3) is 11.0 Å². The Labute approximate surface area is 142 Å². The van der Waals surface area contributed by atoms with E-state index in [-0.39, 0.29) is 24.0 Å². The summed E-state index contributed by atoms with van der Waals surface area (Å²) in [6.07, 6.45) is 3.97. The van der Waals surface area contributed by atoms with Crippen molar-refractivity contribution in [3.05, 3.63) is 30.1 Å². The van der Waals surface area contributed by atoms with E-state index in [1.165, 1.54) is 19.3 Å². The summed E-state index contributed by atoms with van der Waals surface area (Å²) in [6, 6.07) is 8.09. The third kappa shape index (κ3) is 3.66. The molecule has 0 amide bonds. The normalized spacial score (nSPS) is 15.6. The van der Waals surface area contributed by atoms with Crippen molar-refractivity contribution in [1.82, 2.24) is 14.9 Å². The van der Waals surface area contributed by atoms with Crippen LogP contribution >= 0.6 is 24.0 Å². The van der Waals surface area contributed by atoms with Gasteiger partial charge in [-0.2, -0.15) is 0 Å². The zero-order valence-corrected chi connectivity index (χ0v) is 14.6. The molecule has 0 bridgehead atoms. The second kappa shape index (κ2) is 7.11. The molecule has 1 saturated carbocycles. The third-order valence-electron chi connectivity index (χ3n) is 4.07. The van der Waals surface area contributed by atoms with Gasteiger partial charge in [0.2, 0.25) is 0 Å². The van der Waals surface area contributed by atoms with Gasteiger partial charge in [-0.05, 0) is 30.9 Å². The monoisotopic (exact) mass is 399 g/mol. The van der Waals surface area contributed by atoms with Gasteiger partial charge in [-0.1, -0.05) is 18.6 Å². The summed E-state index contributed by atoms with van der Waals surface area (Å²) < 4.78 is 2.07. The number of para-hydroxylation sites is 2. The first-order chi connectivity index (χ1) is 9.74. The van der Waals surface area contributed by atoms with Crippen LogP contribution in [0.3, 0.4) is 0 Å². The number of fused-ring (bicyclic) bond motifs is 1. The molecule has 114 valence electrons. The minimum absolute atomic E-state index is 0. The van der Waals surface area contributed by atoms with Crippen LogP contribution in [0.1, 0.15) is 25.1 Å². The number of hydrogen-bond acceptors (Lipinski definition) is 2. The molecule has 0 saturated heterocycles. The second-order valence-electron chi connectivity index (χ2n) is 5.46. The van der Waals surface area contributed by atoms with Crippen molar-refractivity contribution in [1.29, 1.82) is 0 Å². The van der Waals surface area contributed by atoms with Gasteiger partial charge in [-0.15, -0.1) is 24.0 Å². The van der Waals surface area contributed by atoms with Gasteiger partial charge in [-0.25, -0.2) is 9.98 Å². The zero-order valence-electron chi connectivity index (χ0n) is 12.2. The van der Waals surface area contributed by atoms with Crippen molar-refractivity contribution in [3.8, 4) is 0 Å². The van der Waals surface area contributed by atoms with Crippen molar-refractivity contribution < 1.29 is 0 Å². The van der Waals surface area contributed by atoms with E-state index in [1.807, 2.05) is 25.2 Å². The molecule has 1 aliphatic carbocycles. The number of rotatable bonds is 4. The molecule has 1 heterocycles. The highest BCUT2D eigenvalue weighted by Crippen LogP contribution is 2.25. The lowest BCUT2D eigenvalue weighted by Gasteiger charge is -2.25. The van der Waals surface area contributed by atoms with Crippen molar-refractivity contribution >= 4 is 41.0 Å². The number of imidazole rings is 1. The SMILES string of the molecule is Cn1c(CN=C(N)NCC2CCC2)nc2ccccc21.I. The predicted molar refractivity (Wildman–Crippen MR) is 96.8 cm³/mol. The summed E-state index contributed by atoms with van der Waals surface area (Å²) in [4.78, 5) is 8.96. The minimum atomic E-state index is 0. The Morgan fingerprint density at radius 3 is 2.86 bits per heavy atom. The Kier molecular flexibility index (Phi) is 5.44. The quantitative estimate of drug-likeness (QED) is 0.471. The summed E-state index contributed by atoms with van der Waals surface area (Å²) >= 11 is 0. The number of halogens is 1. The van der Waals surface area contributed by atoms with Gasteiger partial charge in [0.1, 0.15) is 12.4 Å². The first kappa shape index (κ1) is 16.1. The molecule has 21 heavy (non-hydrogen) atoms. The Bertz CT molecular complexity index is 630. The topological polar surface area (TPSA) is 68.2 Å². The molecule has 5 nitrogen and oxygen atoms in total. The van der Waals surface area contributed by atoms with E-state index in [4.69, 9.17) is 5.73 Å². The molecule has 0 unspecified atom stereocenters. The predicted octanol–water partition coefficient (Wildman–Crippen LogP) is 2.40. The Morgan fingerprint density at radius 2 is 2.19 bits per heavy atom. The molecule has 0 spiro atoms. The zero-order chi connectivity index (χ0) is 13.9. The minimum Gasteiger partial charge on any atom is -0.370 e. The number of nitrogens with one attached hydrogen (secondary N) is 1. The average Bonchev–Trinajstić information content (AvgIpc) is 2.72. The van der Waals surface area contributed by atoms with Gasteiger partial charge < -0.3 is 15.6 Å². The summed E-state index contributed by atoms with van der Waals surface area (Å²) in [6.45, 7) is 1.45. The van der Waals surface area contributed by atoms with E-state index >= 15 is 0 Å². The number of guanidine groups is 1. The molecule has 3 N–H and O–H groups in total. The van der Waals surface area contributed by atoms with E-state index in [0.717, 1.165) is 29.3 Å². The number of aliphatic imine (C=N–C) groups is 1. The first-order valence-electron chi connectivity index (χ1n) is 7.18. The van der Waals surface area contributed by atoms with Crippen LogP contribution in [0.15, 0.2) is 29.3 Å². The van der Waals surface area contributed by atoms with E-state index < -0.39 is 0 Å². The lowest BCUT2D eigenvalue weighted by molar-refractivity contribution is 0.315. The molecular weight excluding hydrogens is 377 g/mol. The van der Waals surface area contributed by atoms with Crippen molar-refractivity contribution in [2.24, 2.45) is 23.7 Å². The number of hydrogen-bond donors (Lipinski definition) is 2. The maximum absolute atomic E-state index is 5.89. The van der Waals surface area contributed by atoms with E-state index in [9.17, 15) is 0 Å². The average molecular weight is 399 g/mol. The van der Waals surface area contributed by atoms with Gasteiger partial charge in [-0.3, -0.25) is 0 Å². The summed E-state index contributed by atoms with van der Waals surface area (Å²) in [5.74, 6) is 2.23. The fourth-order valence-electron chi connectivity index (χ4n) is 2.49. The molecule has 1 fully saturated rings. The van der Waals surface area contributed by atoms with E-state index in [0.29, 0.717) is 12.5 Å². The number of benzene rings is 1. The molecule has 1 aromatic carbocycles. The highest BCUT2D eigenvalue weighted by Gasteiger charge is 2.16. The fraction of sp³-hybridized carbons (Fsp3) is 0.467. The molecule has 2 aromatic rings. The Balaban J connectivity index is 0.00000161. The van der Waals surface area contributed by atoms with Crippen LogP contribution in [0.5, 0.6) is 0 Å². The van der Waals surface area contributed by atoms with Crippen molar-refractivity contribution in [3.63, 3.8) is 0 Å². The van der Waals surface area contributed by atoms with Gasteiger partial charge >= 0.3 is 0 Å². The Morgan fingerprint density at radius 1 is 1.43 bits per heavy atom. The molecule has 3 rings (SSSR count). The summed E-state index contributed by atoms with van der Waals surface area (Å²) in [5, 5.41) is 3.20. The molecule has 1 aromatic heterocycles. The number of aromatic nitrogens is 2. The number of aryl methyl sites for hydroxylation is 1. The molecule has 1 aliphatic rings. The third-order valence-corrected chi connectivity index (χ3v) is 4.07. The number of nitrogens with zero attached hydrogens (tertiary/aromatic N) is 3. The van der Waals surface area contributed by atoms with Crippen LogP contribution in [0, 0.1) is 5.92 Å². The second-order valence-corrected chi connectivity index (χ2v) is 5.46. The van der Waals surface area contributed by atoms with Crippen LogP contribution in [-0.2, 0) is 13.6 Å². The molecule has 0 radical (unpaired) electrons. The fourth-order valence-corrected chi connectivity index (χ4v) is 2.49. The van der Waals surface area contributed by atoms with Crippen LogP contribution < -0.4 is 11.1 Å². The first-order valence-corrected chi connectivity index (χ1v) is 7.18. The summed E-state index contributed by atoms with van der Waals surface area (Å²) in [5.41, 5.74) is 8.02. The highest BCUT2D eigenvalue weighted by atomic mass is 127. The molecular formula is C15H22IN5. The maximum Gasteiger partial charge on any atom is 0.189 e. The lowest BCUT2D eigenvalue weighted by atomic mass is 9.85.